The summed E-state index contributed by atoms with van der Waals surface area (Å²) in [7, 11) is 0. The first-order valence-corrected chi connectivity index (χ1v) is 7.82. The van der Waals surface area contributed by atoms with Crippen molar-refractivity contribution in [3.05, 3.63) is 51.6 Å². The lowest BCUT2D eigenvalue weighted by Crippen LogP contribution is -1.97. The third-order valence-electron chi connectivity index (χ3n) is 3.04. The van der Waals surface area contributed by atoms with E-state index in [9.17, 15) is 0 Å². The molecule has 1 aromatic carbocycles. The van der Waals surface area contributed by atoms with E-state index in [0.717, 1.165) is 26.9 Å². The topological polar surface area (TPSA) is 22.1 Å². The molecule has 0 aliphatic rings. The van der Waals surface area contributed by atoms with E-state index in [1.807, 2.05) is 25.1 Å². The first kappa shape index (κ1) is 15.3. The second kappa shape index (κ2) is 6.59. The largest absolute Gasteiger partial charge is 0.438 e. The highest BCUT2D eigenvalue weighted by Gasteiger charge is 2.11. The second-order valence-corrected chi connectivity index (χ2v) is 6.22. The Kier molecular flexibility index (Phi) is 5.06. The Morgan fingerprint density at radius 2 is 2.05 bits per heavy atom. The molecule has 1 aromatic heterocycles. The third kappa shape index (κ3) is 3.53. The summed E-state index contributed by atoms with van der Waals surface area (Å²) in [6, 6.07) is 8.03. The van der Waals surface area contributed by atoms with E-state index < -0.39 is 0 Å². The van der Waals surface area contributed by atoms with Crippen LogP contribution in [0.3, 0.4) is 0 Å². The summed E-state index contributed by atoms with van der Waals surface area (Å²) < 4.78 is 7.03. The summed E-state index contributed by atoms with van der Waals surface area (Å²) in [5.41, 5.74) is 3.14. The van der Waals surface area contributed by atoms with Gasteiger partial charge in [0, 0.05) is 22.1 Å². The second-order valence-electron chi connectivity index (χ2n) is 5.04. The van der Waals surface area contributed by atoms with Crippen molar-refractivity contribution in [2.75, 3.05) is 0 Å². The number of pyridine rings is 1. The van der Waals surface area contributed by atoms with Crippen molar-refractivity contribution in [1.82, 2.24) is 4.98 Å². The Bertz CT molecular complexity index is 613. The minimum atomic E-state index is 0.380. The van der Waals surface area contributed by atoms with Crippen LogP contribution in [0.15, 0.2) is 34.9 Å². The molecule has 0 fully saturated rings. The summed E-state index contributed by atoms with van der Waals surface area (Å²) in [6.07, 6.45) is 1.75. The molecule has 2 rings (SSSR count). The van der Waals surface area contributed by atoms with Crippen molar-refractivity contribution in [1.29, 1.82) is 0 Å². The molecule has 0 aliphatic heterocycles. The fourth-order valence-electron chi connectivity index (χ4n) is 1.97. The van der Waals surface area contributed by atoms with Crippen LogP contribution < -0.4 is 4.74 Å². The van der Waals surface area contributed by atoms with Gasteiger partial charge in [0.2, 0.25) is 5.88 Å². The molecule has 0 saturated heterocycles. The average Bonchev–Trinajstić information content (AvgIpc) is 2.42. The van der Waals surface area contributed by atoms with E-state index in [1.165, 1.54) is 0 Å². The van der Waals surface area contributed by atoms with Gasteiger partial charge in [-0.05, 0) is 48.2 Å². The highest BCUT2D eigenvalue weighted by molar-refractivity contribution is 9.10. The Hall–Kier alpha value is -1.06. The summed E-state index contributed by atoms with van der Waals surface area (Å²) in [6.45, 7) is 6.27. The van der Waals surface area contributed by atoms with Crippen LogP contribution in [-0.2, 0) is 5.88 Å². The molecule has 0 aliphatic carbocycles. The molecule has 106 valence electrons. The number of hydrogen-bond donors (Lipinski definition) is 0. The molecule has 1 heterocycles. The molecule has 0 spiro atoms. The van der Waals surface area contributed by atoms with Crippen molar-refractivity contribution >= 4 is 27.5 Å². The summed E-state index contributed by atoms with van der Waals surface area (Å²) in [5.74, 6) is 2.31. The van der Waals surface area contributed by atoms with E-state index >= 15 is 0 Å². The van der Waals surface area contributed by atoms with Gasteiger partial charge >= 0.3 is 0 Å². The zero-order valence-corrected chi connectivity index (χ0v) is 14.1. The van der Waals surface area contributed by atoms with E-state index in [-0.39, 0.29) is 0 Å². The maximum absolute atomic E-state index is 5.98. The van der Waals surface area contributed by atoms with Gasteiger partial charge in [0.15, 0.2) is 0 Å². The molecule has 2 aromatic rings. The van der Waals surface area contributed by atoms with Crippen LogP contribution in [-0.4, -0.2) is 4.98 Å². The molecule has 20 heavy (non-hydrogen) atoms. The van der Waals surface area contributed by atoms with Gasteiger partial charge in [0.1, 0.15) is 5.75 Å². The highest BCUT2D eigenvalue weighted by Crippen LogP contribution is 2.33. The van der Waals surface area contributed by atoms with Crippen molar-refractivity contribution in [3.8, 4) is 11.6 Å². The zero-order valence-electron chi connectivity index (χ0n) is 11.8. The Labute approximate surface area is 133 Å². The lowest BCUT2D eigenvalue weighted by molar-refractivity contribution is 0.450. The van der Waals surface area contributed by atoms with Gasteiger partial charge in [-0.25, -0.2) is 4.98 Å². The van der Waals surface area contributed by atoms with Gasteiger partial charge in [-0.15, -0.1) is 11.6 Å². The van der Waals surface area contributed by atoms with Crippen LogP contribution in [0.25, 0.3) is 0 Å². The van der Waals surface area contributed by atoms with E-state index in [4.69, 9.17) is 16.3 Å². The Morgan fingerprint density at radius 3 is 2.65 bits per heavy atom. The van der Waals surface area contributed by atoms with Crippen LogP contribution in [0.5, 0.6) is 11.6 Å². The summed E-state index contributed by atoms with van der Waals surface area (Å²) >= 11 is 9.31. The number of rotatable bonds is 4. The number of hydrogen-bond acceptors (Lipinski definition) is 2. The monoisotopic (exact) mass is 353 g/mol. The molecule has 4 heteroatoms. The molecular weight excluding hydrogens is 338 g/mol. The van der Waals surface area contributed by atoms with Crippen LogP contribution in [0.4, 0.5) is 0 Å². The van der Waals surface area contributed by atoms with Crippen molar-refractivity contribution in [2.24, 2.45) is 0 Å². The third-order valence-corrected chi connectivity index (χ3v) is 3.84. The van der Waals surface area contributed by atoms with Crippen LogP contribution in [0.2, 0.25) is 0 Å². The van der Waals surface area contributed by atoms with Crippen LogP contribution in [0.1, 0.15) is 36.5 Å². The predicted molar refractivity (Wildman–Crippen MR) is 86.8 cm³/mol. The van der Waals surface area contributed by atoms with E-state index in [1.54, 1.807) is 6.20 Å². The van der Waals surface area contributed by atoms with Gasteiger partial charge in [0.25, 0.3) is 0 Å². The SMILES string of the molecule is Cc1cc(CCl)cnc1Oc1ccc(Br)cc1C(C)C. The van der Waals surface area contributed by atoms with Gasteiger partial charge in [-0.2, -0.15) is 0 Å². The number of alkyl halides is 1. The maximum Gasteiger partial charge on any atom is 0.222 e. The predicted octanol–water partition coefficient (Wildman–Crippen LogP) is 5.81. The van der Waals surface area contributed by atoms with E-state index in [0.29, 0.717) is 17.7 Å². The van der Waals surface area contributed by atoms with Crippen LogP contribution >= 0.6 is 27.5 Å². The average molecular weight is 355 g/mol. The lowest BCUT2D eigenvalue weighted by Gasteiger charge is -2.15. The zero-order chi connectivity index (χ0) is 14.7. The normalized spacial score (nSPS) is 10.9. The maximum atomic E-state index is 5.98. The smallest absolute Gasteiger partial charge is 0.222 e. The minimum Gasteiger partial charge on any atom is -0.438 e. The molecule has 0 N–H and O–H groups in total. The van der Waals surface area contributed by atoms with Crippen molar-refractivity contribution < 1.29 is 4.74 Å². The molecule has 0 amide bonds. The first-order valence-electron chi connectivity index (χ1n) is 6.50. The van der Waals surface area contributed by atoms with E-state index in [2.05, 4.69) is 40.8 Å². The molecule has 0 radical (unpaired) electrons. The number of halogens is 2. The van der Waals surface area contributed by atoms with Gasteiger partial charge in [-0.3, -0.25) is 0 Å². The highest BCUT2D eigenvalue weighted by atomic mass is 79.9. The minimum absolute atomic E-state index is 0.380. The quantitative estimate of drug-likeness (QED) is 0.647. The standard InChI is InChI=1S/C16H17BrClNO/c1-10(2)14-7-13(17)4-5-15(14)20-16-11(3)6-12(8-18)9-19-16/h4-7,9-10H,8H2,1-3H3. The Balaban J connectivity index is 2.35. The molecular formula is C16H17BrClNO. The van der Waals surface area contributed by atoms with Crippen LogP contribution in [0, 0.1) is 6.92 Å². The van der Waals surface area contributed by atoms with Crippen molar-refractivity contribution in [2.45, 2.75) is 32.6 Å². The number of aryl methyl sites for hydroxylation is 1. The molecule has 0 saturated carbocycles. The first-order chi connectivity index (χ1) is 9.51. The summed E-state index contributed by atoms with van der Waals surface area (Å²) in [5, 5.41) is 0. The molecule has 0 unspecified atom stereocenters. The van der Waals surface area contributed by atoms with Gasteiger partial charge in [0.05, 0.1) is 0 Å². The fourth-order valence-corrected chi connectivity index (χ4v) is 2.49. The molecule has 0 bridgehead atoms. The van der Waals surface area contributed by atoms with Gasteiger partial charge < -0.3 is 4.74 Å². The van der Waals surface area contributed by atoms with Crippen molar-refractivity contribution in [3.63, 3.8) is 0 Å². The Morgan fingerprint density at radius 1 is 1.30 bits per heavy atom. The number of benzene rings is 1. The number of nitrogens with zero attached hydrogens (tertiary/aromatic N) is 1. The fraction of sp³-hybridized carbons (Fsp3) is 0.312. The summed E-state index contributed by atoms with van der Waals surface area (Å²) in [4.78, 5) is 4.35. The molecule has 2 nitrogen and oxygen atoms in total. The number of aromatic nitrogens is 1. The number of ether oxygens (including phenoxy) is 1. The van der Waals surface area contributed by atoms with Gasteiger partial charge in [-0.1, -0.05) is 29.8 Å². The molecule has 0 atom stereocenters. The lowest BCUT2D eigenvalue weighted by atomic mass is 10.0.